The standard InChI is InChI=1S/C23H33NO6/c1-22(2,3)30-21(25)24-13-9-12-16-17(24)18-19(29-23(4,5)28-18)20(27-16)26-14-15-10-7-6-8-11-15/h6-8,10-11,16-20H,9,12-14H2,1-5H3/t16-,17?,18?,19?,20+/m0/s1. The maximum Gasteiger partial charge on any atom is 0.410 e. The average Bonchev–Trinajstić information content (AvgIpc) is 3.00. The second-order valence-corrected chi connectivity index (χ2v) is 9.71. The number of hydrogen-bond donors (Lipinski definition) is 0. The number of carbonyl (C=O) groups excluding carboxylic acids is 1. The van der Waals surface area contributed by atoms with E-state index >= 15 is 0 Å². The van der Waals surface area contributed by atoms with Gasteiger partial charge >= 0.3 is 6.09 Å². The van der Waals surface area contributed by atoms with Crippen LogP contribution in [0.2, 0.25) is 0 Å². The van der Waals surface area contributed by atoms with Crippen molar-refractivity contribution < 1.29 is 28.5 Å². The summed E-state index contributed by atoms with van der Waals surface area (Å²) in [7, 11) is 0. The van der Waals surface area contributed by atoms with Gasteiger partial charge in [-0.15, -0.1) is 0 Å². The Kier molecular flexibility index (Phi) is 5.83. The van der Waals surface area contributed by atoms with Crippen molar-refractivity contribution in [1.29, 1.82) is 0 Å². The van der Waals surface area contributed by atoms with Gasteiger partial charge in [0.1, 0.15) is 17.8 Å². The van der Waals surface area contributed by atoms with Gasteiger partial charge in [0.2, 0.25) is 0 Å². The Morgan fingerprint density at radius 2 is 1.87 bits per heavy atom. The molecule has 30 heavy (non-hydrogen) atoms. The van der Waals surface area contributed by atoms with Crippen LogP contribution in [-0.4, -0.2) is 59.6 Å². The Balaban J connectivity index is 1.54. The zero-order valence-corrected chi connectivity index (χ0v) is 18.5. The van der Waals surface area contributed by atoms with Gasteiger partial charge in [-0.3, -0.25) is 4.90 Å². The summed E-state index contributed by atoms with van der Waals surface area (Å²) in [4.78, 5) is 14.7. The number of fused-ring (bicyclic) bond motifs is 3. The highest BCUT2D eigenvalue weighted by Gasteiger charge is 2.59. The fourth-order valence-corrected chi connectivity index (χ4v) is 4.48. The third-order valence-electron chi connectivity index (χ3n) is 5.59. The van der Waals surface area contributed by atoms with Gasteiger partial charge in [0.25, 0.3) is 0 Å². The van der Waals surface area contributed by atoms with Crippen LogP contribution in [0.5, 0.6) is 0 Å². The first-order chi connectivity index (χ1) is 14.1. The molecule has 166 valence electrons. The number of rotatable bonds is 3. The fourth-order valence-electron chi connectivity index (χ4n) is 4.48. The fraction of sp³-hybridized carbons (Fsp3) is 0.696. The minimum Gasteiger partial charge on any atom is -0.444 e. The van der Waals surface area contributed by atoms with E-state index in [1.54, 1.807) is 4.90 Å². The number of likely N-dealkylation sites (tertiary alicyclic amines) is 1. The Labute approximate surface area is 178 Å². The quantitative estimate of drug-likeness (QED) is 0.742. The van der Waals surface area contributed by atoms with Crippen LogP contribution in [0.25, 0.3) is 0 Å². The van der Waals surface area contributed by atoms with Crippen LogP contribution in [0.1, 0.15) is 53.0 Å². The highest BCUT2D eigenvalue weighted by molar-refractivity contribution is 5.69. The predicted octanol–water partition coefficient (Wildman–Crippen LogP) is 3.85. The number of ether oxygens (including phenoxy) is 5. The molecule has 1 amide bonds. The average molecular weight is 420 g/mol. The summed E-state index contributed by atoms with van der Waals surface area (Å²) in [5, 5.41) is 0. The van der Waals surface area contributed by atoms with Crippen molar-refractivity contribution in [2.24, 2.45) is 0 Å². The van der Waals surface area contributed by atoms with Crippen LogP contribution in [0.4, 0.5) is 4.79 Å². The zero-order valence-electron chi connectivity index (χ0n) is 18.5. The van der Waals surface area contributed by atoms with Crippen molar-refractivity contribution in [1.82, 2.24) is 4.90 Å². The van der Waals surface area contributed by atoms with Crippen molar-refractivity contribution in [3.8, 4) is 0 Å². The third kappa shape index (κ3) is 4.64. The Bertz CT molecular complexity index is 746. The SMILES string of the molecule is CC(C)(C)OC(=O)N1CCC[C@@H]2O[C@@H](OCc3ccccc3)C3OC(C)(C)OC3C21. The minimum atomic E-state index is -0.779. The molecule has 0 aliphatic carbocycles. The van der Waals surface area contributed by atoms with E-state index in [-0.39, 0.29) is 24.3 Å². The molecule has 7 nitrogen and oxygen atoms in total. The number of hydrogen-bond acceptors (Lipinski definition) is 6. The maximum atomic E-state index is 12.9. The summed E-state index contributed by atoms with van der Waals surface area (Å²) >= 11 is 0. The van der Waals surface area contributed by atoms with Crippen LogP contribution in [0.15, 0.2) is 30.3 Å². The van der Waals surface area contributed by atoms with E-state index < -0.39 is 23.8 Å². The second kappa shape index (κ2) is 8.11. The van der Waals surface area contributed by atoms with Gasteiger partial charge in [-0.25, -0.2) is 4.79 Å². The highest BCUT2D eigenvalue weighted by Crippen LogP contribution is 2.42. The van der Waals surface area contributed by atoms with E-state index in [0.29, 0.717) is 13.2 Å². The Morgan fingerprint density at radius 1 is 1.17 bits per heavy atom. The van der Waals surface area contributed by atoms with E-state index in [9.17, 15) is 4.79 Å². The van der Waals surface area contributed by atoms with Gasteiger partial charge in [0.15, 0.2) is 12.1 Å². The van der Waals surface area contributed by atoms with Crippen molar-refractivity contribution in [3.63, 3.8) is 0 Å². The molecule has 3 unspecified atom stereocenters. The number of carbonyl (C=O) groups is 1. The van der Waals surface area contributed by atoms with Gasteiger partial charge in [0, 0.05) is 6.54 Å². The second-order valence-electron chi connectivity index (χ2n) is 9.71. The predicted molar refractivity (Wildman–Crippen MR) is 110 cm³/mol. The zero-order chi connectivity index (χ0) is 21.5. The number of piperidine rings is 1. The lowest BCUT2D eigenvalue weighted by Gasteiger charge is -2.49. The van der Waals surface area contributed by atoms with Gasteiger partial charge in [-0.05, 0) is 53.0 Å². The first-order valence-electron chi connectivity index (χ1n) is 10.8. The topological polar surface area (TPSA) is 66.5 Å². The Hall–Kier alpha value is -1.67. The van der Waals surface area contributed by atoms with Gasteiger partial charge in [-0.2, -0.15) is 0 Å². The van der Waals surface area contributed by atoms with E-state index in [2.05, 4.69) is 0 Å². The van der Waals surface area contributed by atoms with Crippen molar-refractivity contribution >= 4 is 6.09 Å². The summed E-state index contributed by atoms with van der Waals surface area (Å²) in [5.74, 6) is -0.779. The molecule has 0 radical (unpaired) electrons. The monoisotopic (exact) mass is 419 g/mol. The first kappa shape index (κ1) is 21.6. The number of nitrogens with zero attached hydrogens (tertiary/aromatic N) is 1. The molecule has 3 heterocycles. The molecule has 1 aromatic carbocycles. The molecule has 3 aliphatic rings. The molecule has 0 bridgehead atoms. The van der Waals surface area contributed by atoms with Crippen LogP contribution in [0.3, 0.4) is 0 Å². The first-order valence-corrected chi connectivity index (χ1v) is 10.8. The van der Waals surface area contributed by atoms with Crippen molar-refractivity contribution in [2.75, 3.05) is 6.54 Å². The van der Waals surface area contributed by atoms with E-state index in [1.807, 2.05) is 65.0 Å². The molecule has 7 heteroatoms. The van der Waals surface area contributed by atoms with Crippen molar-refractivity contribution in [3.05, 3.63) is 35.9 Å². The van der Waals surface area contributed by atoms with Crippen LogP contribution >= 0.6 is 0 Å². The lowest BCUT2D eigenvalue weighted by atomic mass is 9.89. The molecular formula is C23H33NO6. The molecular weight excluding hydrogens is 386 g/mol. The molecule has 1 aromatic rings. The molecule has 0 N–H and O–H groups in total. The third-order valence-corrected chi connectivity index (χ3v) is 5.59. The number of amides is 1. The van der Waals surface area contributed by atoms with Gasteiger partial charge in [0.05, 0.1) is 18.8 Å². The number of benzene rings is 1. The summed E-state index contributed by atoms with van der Waals surface area (Å²) < 4.78 is 30.6. The maximum absolute atomic E-state index is 12.9. The largest absolute Gasteiger partial charge is 0.444 e. The van der Waals surface area contributed by atoms with Crippen molar-refractivity contribution in [2.45, 2.75) is 96.1 Å². The van der Waals surface area contributed by atoms with Crippen LogP contribution < -0.4 is 0 Å². The normalized spacial score (nSPS) is 33.0. The van der Waals surface area contributed by atoms with Gasteiger partial charge in [-0.1, -0.05) is 30.3 Å². The van der Waals surface area contributed by atoms with E-state index in [4.69, 9.17) is 23.7 Å². The minimum absolute atomic E-state index is 0.189. The summed E-state index contributed by atoms with van der Waals surface area (Å²) in [6.07, 6.45) is -0.172. The molecule has 3 saturated heterocycles. The van der Waals surface area contributed by atoms with Crippen LogP contribution in [-0.2, 0) is 30.3 Å². The molecule has 0 aromatic heterocycles. The molecule has 0 spiro atoms. The highest BCUT2D eigenvalue weighted by atomic mass is 16.8. The summed E-state index contributed by atoms with van der Waals surface area (Å²) in [6, 6.07) is 9.71. The lowest BCUT2D eigenvalue weighted by molar-refractivity contribution is -0.274. The Morgan fingerprint density at radius 3 is 2.57 bits per heavy atom. The molecule has 3 aliphatic heterocycles. The molecule has 0 saturated carbocycles. The molecule has 5 atom stereocenters. The molecule has 3 fully saturated rings. The van der Waals surface area contributed by atoms with E-state index in [0.717, 1.165) is 18.4 Å². The van der Waals surface area contributed by atoms with Gasteiger partial charge < -0.3 is 23.7 Å². The lowest BCUT2D eigenvalue weighted by Crippen LogP contribution is -2.66. The van der Waals surface area contributed by atoms with Crippen LogP contribution in [0, 0.1) is 0 Å². The van der Waals surface area contributed by atoms with E-state index in [1.165, 1.54) is 0 Å². The smallest absolute Gasteiger partial charge is 0.410 e. The summed E-state index contributed by atoms with van der Waals surface area (Å²) in [6.45, 7) is 10.4. The summed E-state index contributed by atoms with van der Waals surface area (Å²) in [5.41, 5.74) is 0.504. The molecule has 4 rings (SSSR count).